The molecule has 1 aromatic rings. The number of benzene rings is 1. The Morgan fingerprint density at radius 2 is 2.25 bits per heavy atom. The van der Waals surface area contributed by atoms with Gasteiger partial charge in [0.15, 0.2) is 0 Å². The van der Waals surface area contributed by atoms with Crippen LogP contribution in [-0.2, 0) is 4.79 Å². The van der Waals surface area contributed by atoms with E-state index in [-0.39, 0.29) is 24.2 Å². The van der Waals surface area contributed by atoms with Crippen LogP contribution < -0.4 is 11.1 Å². The summed E-state index contributed by atoms with van der Waals surface area (Å²) in [5.41, 5.74) is 6.25. The molecule has 1 aromatic carbocycles. The Bertz CT molecular complexity index is 510. The molecule has 3 N–H and O–H groups in total. The monoisotopic (exact) mass is 278 g/mol. The number of carbonyl (C=O) groups is 1. The van der Waals surface area contributed by atoms with Gasteiger partial charge < -0.3 is 11.1 Å². The Labute approximate surface area is 118 Å². The number of halogens is 1. The van der Waals surface area contributed by atoms with Gasteiger partial charge in [0.05, 0.1) is 24.0 Å². The minimum absolute atomic E-state index is 0.134. The largest absolute Gasteiger partial charge is 0.397 e. The van der Waals surface area contributed by atoms with Crippen molar-refractivity contribution in [2.45, 2.75) is 26.3 Å². The number of rotatable bonds is 6. The van der Waals surface area contributed by atoms with Crippen LogP contribution >= 0.6 is 0 Å². The average molecular weight is 278 g/mol. The number of nitrogens with zero attached hydrogens (tertiary/aromatic N) is 2. The Kier molecular flexibility index (Phi) is 5.94. The summed E-state index contributed by atoms with van der Waals surface area (Å²) in [6.45, 7) is 4.54. The standard InChI is InChI=1S/C14H19FN4O/c1-10(2)19(7-3-6-16)9-14(20)18-13-8-11(15)4-5-12(13)17/h4-5,8,10H,3,7,9,17H2,1-2H3,(H,18,20). The molecule has 0 atom stereocenters. The number of nitrogens with one attached hydrogen (secondary N) is 1. The van der Waals surface area contributed by atoms with Crippen LogP contribution in [0.2, 0.25) is 0 Å². The molecule has 0 aromatic heterocycles. The second-order valence-electron chi connectivity index (χ2n) is 4.75. The zero-order valence-electron chi connectivity index (χ0n) is 11.7. The first-order valence-electron chi connectivity index (χ1n) is 6.40. The van der Waals surface area contributed by atoms with Crippen molar-refractivity contribution < 1.29 is 9.18 Å². The van der Waals surface area contributed by atoms with Crippen LogP contribution in [0.4, 0.5) is 15.8 Å². The first kappa shape index (κ1) is 15.9. The topological polar surface area (TPSA) is 82.2 Å². The van der Waals surface area contributed by atoms with Gasteiger partial charge in [-0.1, -0.05) is 0 Å². The third-order valence-electron chi connectivity index (χ3n) is 2.88. The minimum atomic E-state index is -0.459. The van der Waals surface area contributed by atoms with Crippen molar-refractivity contribution in [1.82, 2.24) is 4.90 Å². The number of nitriles is 1. The molecule has 6 heteroatoms. The highest BCUT2D eigenvalue weighted by atomic mass is 19.1. The van der Waals surface area contributed by atoms with E-state index in [1.807, 2.05) is 24.8 Å². The molecular weight excluding hydrogens is 259 g/mol. The number of anilines is 2. The highest BCUT2D eigenvalue weighted by Crippen LogP contribution is 2.19. The smallest absolute Gasteiger partial charge is 0.238 e. The highest BCUT2D eigenvalue weighted by molar-refractivity contribution is 5.95. The molecule has 0 fully saturated rings. The highest BCUT2D eigenvalue weighted by Gasteiger charge is 2.14. The van der Waals surface area contributed by atoms with Crippen molar-refractivity contribution in [3.63, 3.8) is 0 Å². The second kappa shape index (κ2) is 7.46. The molecular formula is C14H19FN4O. The van der Waals surface area contributed by atoms with Crippen molar-refractivity contribution in [1.29, 1.82) is 5.26 Å². The van der Waals surface area contributed by atoms with E-state index >= 15 is 0 Å². The number of carbonyl (C=O) groups excluding carboxylic acids is 1. The zero-order chi connectivity index (χ0) is 15.1. The molecule has 108 valence electrons. The predicted molar refractivity (Wildman–Crippen MR) is 76.4 cm³/mol. The Balaban J connectivity index is 2.66. The lowest BCUT2D eigenvalue weighted by molar-refractivity contribution is -0.117. The van der Waals surface area contributed by atoms with Gasteiger partial charge in [0.25, 0.3) is 0 Å². The van der Waals surface area contributed by atoms with Gasteiger partial charge in [0.2, 0.25) is 5.91 Å². The summed E-state index contributed by atoms with van der Waals surface area (Å²) in [6, 6.07) is 6.01. The van der Waals surface area contributed by atoms with Gasteiger partial charge in [-0.25, -0.2) is 4.39 Å². The lowest BCUT2D eigenvalue weighted by atomic mass is 10.2. The molecule has 0 aliphatic heterocycles. The van der Waals surface area contributed by atoms with Gasteiger partial charge in [-0.15, -0.1) is 0 Å². The first-order chi connectivity index (χ1) is 9.43. The Hall–Kier alpha value is -2.13. The molecule has 0 bridgehead atoms. The number of nitrogens with two attached hydrogens (primary N) is 1. The van der Waals surface area contributed by atoms with E-state index in [2.05, 4.69) is 5.32 Å². The summed E-state index contributed by atoms with van der Waals surface area (Å²) < 4.78 is 13.1. The molecule has 20 heavy (non-hydrogen) atoms. The maximum absolute atomic E-state index is 13.1. The van der Waals surface area contributed by atoms with E-state index in [0.717, 1.165) is 0 Å². The zero-order valence-corrected chi connectivity index (χ0v) is 11.7. The quantitative estimate of drug-likeness (QED) is 0.779. The van der Waals surface area contributed by atoms with Crippen LogP contribution in [-0.4, -0.2) is 29.9 Å². The van der Waals surface area contributed by atoms with E-state index in [0.29, 0.717) is 18.7 Å². The SMILES string of the molecule is CC(C)N(CCC#N)CC(=O)Nc1cc(F)ccc1N. The van der Waals surface area contributed by atoms with Gasteiger partial charge in [0.1, 0.15) is 5.82 Å². The van der Waals surface area contributed by atoms with Gasteiger partial charge in [-0.05, 0) is 32.0 Å². The van der Waals surface area contributed by atoms with Gasteiger partial charge in [-0.3, -0.25) is 9.69 Å². The third-order valence-corrected chi connectivity index (χ3v) is 2.88. The van der Waals surface area contributed by atoms with Crippen LogP contribution in [0.1, 0.15) is 20.3 Å². The fourth-order valence-corrected chi connectivity index (χ4v) is 1.72. The van der Waals surface area contributed by atoms with E-state index in [1.165, 1.54) is 18.2 Å². The predicted octanol–water partition coefficient (Wildman–Crippen LogP) is 1.97. The van der Waals surface area contributed by atoms with Crippen LogP contribution in [0.5, 0.6) is 0 Å². The van der Waals surface area contributed by atoms with E-state index in [9.17, 15) is 9.18 Å². The summed E-state index contributed by atoms with van der Waals surface area (Å²) in [6.07, 6.45) is 0.355. The lowest BCUT2D eigenvalue weighted by Gasteiger charge is -2.24. The first-order valence-corrected chi connectivity index (χ1v) is 6.40. The number of hydrogen-bond donors (Lipinski definition) is 2. The number of amides is 1. The molecule has 0 spiro atoms. The Morgan fingerprint density at radius 3 is 2.85 bits per heavy atom. The van der Waals surface area contributed by atoms with E-state index in [1.54, 1.807) is 0 Å². The maximum Gasteiger partial charge on any atom is 0.238 e. The van der Waals surface area contributed by atoms with Gasteiger partial charge in [0, 0.05) is 19.0 Å². The summed E-state index contributed by atoms with van der Waals surface area (Å²) in [5.74, 6) is -0.742. The van der Waals surface area contributed by atoms with Crippen LogP contribution in [0.15, 0.2) is 18.2 Å². The van der Waals surface area contributed by atoms with Crippen molar-refractivity contribution in [2.75, 3.05) is 24.1 Å². The lowest BCUT2D eigenvalue weighted by Crippen LogP contribution is -2.38. The minimum Gasteiger partial charge on any atom is -0.397 e. The van der Waals surface area contributed by atoms with E-state index < -0.39 is 5.82 Å². The maximum atomic E-state index is 13.1. The number of nitrogen functional groups attached to an aromatic ring is 1. The van der Waals surface area contributed by atoms with Crippen LogP contribution in [0, 0.1) is 17.1 Å². The molecule has 0 radical (unpaired) electrons. The molecule has 0 unspecified atom stereocenters. The average Bonchev–Trinajstić information content (AvgIpc) is 2.38. The van der Waals surface area contributed by atoms with Gasteiger partial charge >= 0.3 is 0 Å². The van der Waals surface area contributed by atoms with Crippen LogP contribution in [0.3, 0.4) is 0 Å². The molecule has 0 aliphatic rings. The molecule has 1 amide bonds. The summed E-state index contributed by atoms with van der Waals surface area (Å²) in [7, 11) is 0. The molecule has 0 saturated carbocycles. The molecule has 5 nitrogen and oxygen atoms in total. The van der Waals surface area contributed by atoms with Crippen molar-refractivity contribution >= 4 is 17.3 Å². The summed E-state index contributed by atoms with van der Waals surface area (Å²) >= 11 is 0. The molecule has 0 aliphatic carbocycles. The van der Waals surface area contributed by atoms with Crippen molar-refractivity contribution in [3.05, 3.63) is 24.0 Å². The normalized spacial score (nSPS) is 10.6. The van der Waals surface area contributed by atoms with Crippen molar-refractivity contribution in [2.24, 2.45) is 0 Å². The van der Waals surface area contributed by atoms with Crippen molar-refractivity contribution in [3.8, 4) is 6.07 Å². The molecule has 0 heterocycles. The molecule has 0 saturated heterocycles. The van der Waals surface area contributed by atoms with Gasteiger partial charge in [-0.2, -0.15) is 5.26 Å². The second-order valence-corrected chi connectivity index (χ2v) is 4.75. The van der Waals surface area contributed by atoms with Crippen LogP contribution in [0.25, 0.3) is 0 Å². The summed E-state index contributed by atoms with van der Waals surface area (Å²) in [4.78, 5) is 13.8. The molecule has 1 rings (SSSR count). The fraction of sp³-hybridized carbons (Fsp3) is 0.429. The Morgan fingerprint density at radius 1 is 1.55 bits per heavy atom. The summed E-state index contributed by atoms with van der Waals surface area (Å²) in [5, 5.41) is 11.2. The number of hydrogen-bond acceptors (Lipinski definition) is 4. The fourth-order valence-electron chi connectivity index (χ4n) is 1.72. The van der Waals surface area contributed by atoms with E-state index in [4.69, 9.17) is 11.0 Å². The third kappa shape index (κ3) is 4.86.